The number of anilines is 1. The minimum Gasteiger partial charge on any atom is -0.378 e. The molecule has 120 valence electrons. The minimum absolute atomic E-state index is 0.109. The van der Waals surface area contributed by atoms with Crippen LogP contribution in [-0.4, -0.2) is 11.6 Å². The van der Waals surface area contributed by atoms with Crippen LogP contribution in [0.3, 0.4) is 0 Å². The molecule has 3 atom stereocenters. The summed E-state index contributed by atoms with van der Waals surface area (Å²) >= 11 is 6.22. The van der Waals surface area contributed by atoms with Crippen molar-refractivity contribution in [3.8, 4) is 0 Å². The fourth-order valence-electron chi connectivity index (χ4n) is 4.16. The molecule has 0 radical (unpaired) electrons. The summed E-state index contributed by atoms with van der Waals surface area (Å²) in [4.78, 5) is 4.49. The van der Waals surface area contributed by atoms with Gasteiger partial charge in [-0.15, -0.1) is 0 Å². The van der Waals surface area contributed by atoms with Crippen molar-refractivity contribution in [2.45, 2.75) is 18.6 Å². The lowest BCUT2D eigenvalue weighted by Gasteiger charge is -2.37. The third-order valence-corrected chi connectivity index (χ3v) is 5.43. The second kappa shape index (κ2) is 5.47. The highest BCUT2D eigenvalue weighted by Crippen LogP contribution is 2.51. The van der Waals surface area contributed by atoms with Crippen LogP contribution >= 0.6 is 11.6 Å². The van der Waals surface area contributed by atoms with Crippen LogP contribution in [0.2, 0.25) is 5.02 Å². The van der Waals surface area contributed by atoms with Gasteiger partial charge in [-0.25, -0.2) is 0 Å². The molecule has 1 aromatic heterocycles. The second-order valence-electron chi connectivity index (χ2n) is 6.52. The normalized spacial score (nSPS) is 25.1. The lowest BCUT2D eigenvalue weighted by Crippen LogP contribution is -2.29. The summed E-state index contributed by atoms with van der Waals surface area (Å²) in [5.41, 5.74) is 4.64. The van der Waals surface area contributed by atoms with Crippen LogP contribution in [0.15, 0.2) is 54.7 Å². The van der Waals surface area contributed by atoms with Crippen molar-refractivity contribution in [3.05, 3.63) is 70.9 Å². The molecule has 0 saturated carbocycles. The van der Waals surface area contributed by atoms with Crippen molar-refractivity contribution >= 4 is 28.2 Å². The Labute approximate surface area is 145 Å². The molecule has 24 heavy (non-hydrogen) atoms. The number of ether oxygens (including phenoxy) is 1. The van der Waals surface area contributed by atoms with E-state index in [0.29, 0.717) is 5.92 Å². The zero-order valence-electron chi connectivity index (χ0n) is 13.1. The largest absolute Gasteiger partial charge is 0.378 e. The van der Waals surface area contributed by atoms with E-state index >= 15 is 0 Å². The van der Waals surface area contributed by atoms with Crippen molar-refractivity contribution in [3.63, 3.8) is 0 Å². The number of aromatic nitrogens is 1. The van der Waals surface area contributed by atoms with Crippen LogP contribution in [0.1, 0.15) is 29.7 Å². The fourth-order valence-corrected chi connectivity index (χ4v) is 4.36. The van der Waals surface area contributed by atoms with Gasteiger partial charge < -0.3 is 10.1 Å². The van der Waals surface area contributed by atoms with Crippen molar-refractivity contribution in [1.29, 1.82) is 0 Å². The third-order valence-electron chi connectivity index (χ3n) is 5.20. The van der Waals surface area contributed by atoms with Gasteiger partial charge in [0.15, 0.2) is 0 Å². The lowest BCUT2D eigenvalue weighted by molar-refractivity contribution is 0.0841. The van der Waals surface area contributed by atoms with E-state index in [1.54, 1.807) is 0 Å². The number of nitrogens with one attached hydrogen (secondary N) is 1. The van der Waals surface area contributed by atoms with E-state index < -0.39 is 0 Å². The van der Waals surface area contributed by atoms with Gasteiger partial charge in [-0.3, -0.25) is 4.98 Å². The van der Waals surface area contributed by atoms with E-state index in [2.05, 4.69) is 40.6 Å². The molecule has 1 N–H and O–H groups in total. The van der Waals surface area contributed by atoms with Gasteiger partial charge in [-0.2, -0.15) is 0 Å². The topological polar surface area (TPSA) is 34.2 Å². The number of hydrogen-bond donors (Lipinski definition) is 1. The first-order chi connectivity index (χ1) is 11.8. The predicted octanol–water partition coefficient (Wildman–Crippen LogP) is 5.13. The predicted molar refractivity (Wildman–Crippen MR) is 96.4 cm³/mol. The third kappa shape index (κ3) is 2.12. The minimum atomic E-state index is 0.109. The summed E-state index contributed by atoms with van der Waals surface area (Å²) in [7, 11) is 0. The van der Waals surface area contributed by atoms with E-state index in [9.17, 15) is 0 Å². The lowest BCUT2D eigenvalue weighted by atomic mass is 9.80. The fraction of sp³-hybridized carbons (Fsp3) is 0.250. The highest BCUT2D eigenvalue weighted by Gasteiger charge is 2.42. The maximum absolute atomic E-state index is 6.22. The second-order valence-corrected chi connectivity index (χ2v) is 6.95. The molecule has 4 heteroatoms. The molecule has 2 aromatic carbocycles. The molecule has 1 saturated heterocycles. The number of halogens is 1. The van der Waals surface area contributed by atoms with Crippen LogP contribution in [0, 0.1) is 5.92 Å². The summed E-state index contributed by atoms with van der Waals surface area (Å²) in [5, 5.41) is 5.70. The SMILES string of the molecule is Clc1cccc(C2Nc3ccc4ncccc4c3[C@H]3OCC[C@@H]23)c1. The molecule has 3 aromatic rings. The molecule has 2 aliphatic heterocycles. The first kappa shape index (κ1) is 14.3. The van der Waals surface area contributed by atoms with Gasteiger partial charge in [0, 0.05) is 40.4 Å². The maximum Gasteiger partial charge on any atom is 0.0903 e. The highest BCUT2D eigenvalue weighted by molar-refractivity contribution is 6.30. The van der Waals surface area contributed by atoms with Gasteiger partial charge in [0.05, 0.1) is 17.7 Å². The van der Waals surface area contributed by atoms with Crippen LogP contribution < -0.4 is 5.32 Å². The van der Waals surface area contributed by atoms with Crippen molar-refractivity contribution in [2.75, 3.05) is 11.9 Å². The van der Waals surface area contributed by atoms with Crippen molar-refractivity contribution < 1.29 is 4.74 Å². The first-order valence-corrected chi connectivity index (χ1v) is 8.70. The molecule has 2 aliphatic rings. The molecule has 0 amide bonds. The molecule has 1 unspecified atom stereocenters. The molecular weight excluding hydrogens is 320 g/mol. The van der Waals surface area contributed by atoms with Gasteiger partial charge in [0.1, 0.15) is 0 Å². The number of benzene rings is 2. The average Bonchev–Trinajstić information content (AvgIpc) is 3.10. The van der Waals surface area contributed by atoms with E-state index in [1.807, 2.05) is 24.4 Å². The molecule has 5 rings (SSSR count). The van der Waals surface area contributed by atoms with Gasteiger partial charge in [-0.1, -0.05) is 29.8 Å². The first-order valence-electron chi connectivity index (χ1n) is 8.32. The standard InChI is InChI=1S/C20H17ClN2O/c21-13-4-1-3-12(11-13)19-15-8-10-24-20(15)18-14-5-2-9-22-16(14)6-7-17(18)23-19/h1-7,9,11,15,19-20,23H,8,10H2/t15-,19?,20-/m0/s1. The van der Waals surface area contributed by atoms with E-state index in [1.165, 1.54) is 16.5 Å². The Bertz CT molecular complexity index is 926. The Morgan fingerprint density at radius 1 is 1.12 bits per heavy atom. The smallest absolute Gasteiger partial charge is 0.0903 e. The number of fused-ring (bicyclic) bond motifs is 5. The van der Waals surface area contributed by atoms with Gasteiger partial charge >= 0.3 is 0 Å². The number of nitrogens with zero attached hydrogens (tertiary/aromatic N) is 1. The Morgan fingerprint density at radius 2 is 2.08 bits per heavy atom. The van der Waals surface area contributed by atoms with Crippen LogP contribution in [0.25, 0.3) is 10.9 Å². The van der Waals surface area contributed by atoms with Gasteiger partial charge in [0.25, 0.3) is 0 Å². The van der Waals surface area contributed by atoms with Gasteiger partial charge in [-0.05, 0) is 42.3 Å². The Balaban J connectivity index is 1.68. The molecule has 3 heterocycles. The highest BCUT2D eigenvalue weighted by atomic mass is 35.5. The molecular formula is C20H17ClN2O. The zero-order chi connectivity index (χ0) is 16.1. The Kier molecular flexibility index (Phi) is 3.25. The summed E-state index contributed by atoms with van der Waals surface area (Å²) in [6.45, 7) is 0.796. The quantitative estimate of drug-likeness (QED) is 0.668. The summed E-state index contributed by atoms with van der Waals surface area (Å²) in [6, 6.07) is 16.7. The van der Waals surface area contributed by atoms with Gasteiger partial charge in [0.2, 0.25) is 0 Å². The molecule has 1 fully saturated rings. The van der Waals surface area contributed by atoms with Crippen LogP contribution in [0.4, 0.5) is 5.69 Å². The maximum atomic E-state index is 6.22. The average molecular weight is 337 g/mol. The summed E-state index contributed by atoms with van der Waals surface area (Å²) < 4.78 is 6.17. The number of hydrogen-bond acceptors (Lipinski definition) is 3. The Hall–Kier alpha value is -2.10. The molecule has 3 nitrogen and oxygen atoms in total. The van der Waals surface area contributed by atoms with E-state index in [4.69, 9.17) is 16.3 Å². The molecule has 0 bridgehead atoms. The van der Waals surface area contributed by atoms with E-state index in [-0.39, 0.29) is 12.1 Å². The van der Waals surface area contributed by atoms with Crippen molar-refractivity contribution in [2.24, 2.45) is 5.92 Å². The number of pyridine rings is 1. The van der Waals surface area contributed by atoms with E-state index in [0.717, 1.165) is 29.3 Å². The number of rotatable bonds is 1. The molecule has 0 aliphatic carbocycles. The summed E-state index contributed by atoms with van der Waals surface area (Å²) in [5.74, 6) is 0.404. The summed E-state index contributed by atoms with van der Waals surface area (Å²) in [6.07, 6.45) is 3.00. The van der Waals surface area contributed by atoms with Crippen LogP contribution in [-0.2, 0) is 4.74 Å². The Morgan fingerprint density at radius 3 is 3.00 bits per heavy atom. The van der Waals surface area contributed by atoms with Crippen molar-refractivity contribution in [1.82, 2.24) is 4.98 Å². The monoisotopic (exact) mass is 336 g/mol. The molecule has 0 spiro atoms. The van der Waals surface area contributed by atoms with Crippen LogP contribution in [0.5, 0.6) is 0 Å². The zero-order valence-corrected chi connectivity index (χ0v) is 13.8.